The van der Waals surface area contributed by atoms with E-state index in [1.54, 1.807) is 0 Å². The summed E-state index contributed by atoms with van der Waals surface area (Å²) in [6.07, 6.45) is 3.83. The van der Waals surface area contributed by atoms with Crippen LogP contribution in [0, 0.1) is 0 Å². The van der Waals surface area contributed by atoms with Crippen LogP contribution in [0.4, 0.5) is 0 Å². The summed E-state index contributed by atoms with van der Waals surface area (Å²) >= 11 is 0. The molecule has 2 aliphatic rings. The summed E-state index contributed by atoms with van der Waals surface area (Å²) in [6.45, 7) is 0. The van der Waals surface area contributed by atoms with Gasteiger partial charge in [0.25, 0.3) is 5.91 Å². The maximum Gasteiger partial charge on any atom is 0.267 e. The molecule has 5 nitrogen and oxygen atoms in total. The van der Waals surface area contributed by atoms with Gasteiger partial charge in [-0.3, -0.25) is 9.59 Å². The fraction of sp³-hybridized carbons (Fsp3) is 0.400. The molecule has 0 fully saturated rings. The zero-order valence-corrected chi connectivity index (χ0v) is 11.2. The van der Waals surface area contributed by atoms with Crippen molar-refractivity contribution >= 4 is 17.5 Å². The summed E-state index contributed by atoms with van der Waals surface area (Å²) in [7, 11) is 0. The first-order chi connectivity index (χ1) is 9.74. The smallest absolute Gasteiger partial charge is 0.267 e. The number of fused-ring (bicyclic) bond motifs is 1. The molecular formula is C15H17N3O2. The van der Waals surface area contributed by atoms with E-state index in [1.165, 1.54) is 11.1 Å². The number of carbonyl (C=O) groups is 2. The van der Waals surface area contributed by atoms with Crippen molar-refractivity contribution in [2.45, 2.75) is 38.1 Å². The van der Waals surface area contributed by atoms with Gasteiger partial charge in [-0.05, 0) is 30.4 Å². The van der Waals surface area contributed by atoms with Crippen LogP contribution in [0.2, 0.25) is 0 Å². The van der Waals surface area contributed by atoms with Crippen LogP contribution in [0.15, 0.2) is 29.4 Å². The molecule has 1 aliphatic heterocycles. The van der Waals surface area contributed by atoms with Crippen molar-refractivity contribution in [3.63, 3.8) is 0 Å². The van der Waals surface area contributed by atoms with E-state index in [0.29, 0.717) is 18.6 Å². The zero-order chi connectivity index (χ0) is 13.9. The number of hydrogen-bond donors (Lipinski definition) is 2. The van der Waals surface area contributed by atoms with Gasteiger partial charge in [-0.1, -0.05) is 24.3 Å². The number of rotatable bonds is 2. The summed E-state index contributed by atoms with van der Waals surface area (Å²) in [5, 5.41) is 6.88. The highest BCUT2D eigenvalue weighted by Crippen LogP contribution is 2.29. The summed E-state index contributed by atoms with van der Waals surface area (Å²) in [4.78, 5) is 23.2. The van der Waals surface area contributed by atoms with Gasteiger partial charge in [0, 0.05) is 12.8 Å². The number of aryl methyl sites for hydroxylation is 1. The number of amides is 2. The first-order valence-electron chi connectivity index (χ1n) is 6.98. The fourth-order valence-electron chi connectivity index (χ4n) is 2.78. The predicted octanol–water partition coefficient (Wildman–Crippen LogP) is 1.45. The van der Waals surface area contributed by atoms with Crippen LogP contribution in [0.25, 0.3) is 0 Å². The number of nitrogens with one attached hydrogen (secondary N) is 2. The van der Waals surface area contributed by atoms with E-state index in [4.69, 9.17) is 0 Å². The minimum Gasteiger partial charge on any atom is -0.344 e. The first kappa shape index (κ1) is 12.8. The summed E-state index contributed by atoms with van der Waals surface area (Å²) in [5.41, 5.74) is 5.28. The molecule has 0 aromatic heterocycles. The van der Waals surface area contributed by atoms with E-state index in [-0.39, 0.29) is 17.9 Å². The minimum absolute atomic E-state index is 0.0489. The summed E-state index contributed by atoms with van der Waals surface area (Å²) < 4.78 is 0. The Labute approximate surface area is 117 Å². The molecule has 0 saturated heterocycles. The van der Waals surface area contributed by atoms with E-state index in [1.807, 2.05) is 12.1 Å². The van der Waals surface area contributed by atoms with Gasteiger partial charge in [-0.25, -0.2) is 5.43 Å². The van der Waals surface area contributed by atoms with Crippen LogP contribution >= 0.6 is 0 Å². The topological polar surface area (TPSA) is 70.6 Å². The van der Waals surface area contributed by atoms with Crippen LogP contribution in [0.3, 0.4) is 0 Å². The van der Waals surface area contributed by atoms with E-state index in [2.05, 4.69) is 28.0 Å². The molecule has 0 spiro atoms. The number of hydrazone groups is 1. The average Bonchev–Trinajstić information content (AvgIpc) is 2.48. The van der Waals surface area contributed by atoms with Crippen LogP contribution in [-0.2, 0) is 16.0 Å². The normalized spacial score (nSPS) is 21.5. The van der Waals surface area contributed by atoms with Crippen LogP contribution in [0.5, 0.6) is 0 Å². The van der Waals surface area contributed by atoms with Crippen LogP contribution in [-0.4, -0.2) is 17.5 Å². The van der Waals surface area contributed by atoms with E-state index >= 15 is 0 Å². The fourth-order valence-corrected chi connectivity index (χ4v) is 2.78. The van der Waals surface area contributed by atoms with Gasteiger partial charge >= 0.3 is 0 Å². The van der Waals surface area contributed by atoms with Crippen LogP contribution in [0.1, 0.15) is 42.9 Å². The number of carbonyl (C=O) groups excluding carboxylic acids is 2. The van der Waals surface area contributed by atoms with Gasteiger partial charge in [0.2, 0.25) is 5.91 Å². The maximum atomic E-state index is 12.2. The second-order valence-electron chi connectivity index (χ2n) is 5.21. The molecule has 1 aromatic carbocycles. The molecular weight excluding hydrogens is 254 g/mol. The number of nitrogens with zero attached hydrogens (tertiary/aromatic N) is 1. The lowest BCUT2D eigenvalue weighted by Crippen LogP contribution is -2.39. The molecule has 1 heterocycles. The molecule has 104 valence electrons. The molecule has 3 rings (SSSR count). The Morgan fingerprint density at radius 1 is 1.25 bits per heavy atom. The van der Waals surface area contributed by atoms with Gasteiger partial charge in [-0.2, -0.15) is 5.10 Å². The molecule has 1 aromatic rings. The second kappa shape index (κ2) is 5.45. The van der Waals surface area contributed by atoms with Crippen molar-refractivity contribution in [3.8, 4) is 0 Å². The molecule has 1 unspecified atom stereocenters. The highest BCUT2D eigenvalue weighted by molar-refractivity contribution is 6.39. The highest BCUT2D eigenvalue weighted by Gasteiger charge is 2.24. The summed E-state index contributed by atoms with van der Waals surface area (Å²) in [6, 6.07) is 8.27. The molecule has 1 atom stereocenters. The number of hydrogen-bond acceptors (Lipinski definition) is 3. The van der Waals surface area contributed by atoms with Crippen molar-refractivity contribution in [3.05, 3.63) is 35.4 Å². The standard InChI is InChI=1S/C15H17N3O2/c19-14-9-8-13(17-18-14)15(20)16-12-7-3-5-10-4-1-2-6-11(10)12/h1-2,4,6,12H,3,5,7-9H2,(H,16,20)(H,18,19). The van der Waals surface area contributed by atoms with Crippen molar-refractivity contribution < 1.29 is 9.59 Å². The molecule has 0 radical (unpaired) electrons. The molecule has 0 saturated carbocycles. The Kier molecular flexibility index (Phi) is 3.50. The quantitative estimate of drug-likeness (QED) is 0.854. The van der Waals surface area contributed by atoms with Gasteiger partial charge in [0.1, 0.15) is 5.71 Å². The van der Waals surface area contributed by atoms with Gasteiger partial charge < -0.3 is 5.32 Å². The van der Waals surface area contributed by atoms with E-state index in [9.17, 15) is 9.59 Å². The Morgan fingerprint density at radius 2 is 2.10 bits per heavy atom. The van der Waals surface area contributed by atoms with Gasteiger partial charge in [-0.15, -0.1) is 0 Å². The van der Waals surface area contributed by atoms with Crippen molar-refractivity contribution in [2.75, 3.05) is 0 Å². The minimum atomic E-state index is -0.174. The third-order valence-electron chi connectivity index (χ3n) is 3.84. The average molecular weight is 271 g/mol. The Bertz CT molecular complexity index is 580. The lowest BCUT2D eigenvalue weighted by Gasteiger charge is -2.26. The second-order valence-corrected chi connectivity index (χ2v) is 5.21. The van der Waals surface area contributed by atoms with Crippen molar-refractivity contribution in [1.82, 2.24) is 10.7 Å². The largest absolute Gasteiger partial charge is 0.344 e. The van der Waals surface area contributed by atoms with E-state index < -0.39 is 0 Å². The highest BCUT2D eigenvalue weighted by atomic mass is 16.2. The van der Waals surface area contributed by atoms with Crippen molar-refractivity contribution in [1.29, 1.82) is 0 Å². The molecule has 20 heavy (non-hydrogen) atoms. The number of benzene rings is 1. The monoisotopic (exact) mass is 271 g/mol. The SMILES string of the molecule is O=C1CCC(C(=O)NC2CCCc3ccccc32)=NN1. The predicted molar refractivity (Wildman–Crippen MR) is 75.1 cm³/mol. The molecule has 5 heteroatoms. The van der Waals surface area contributed by atoms with E-state index in [0.717, 1.165) is 19.3 Å². The van der Waals surface area contributed by atoms with Crippen molar-refractivity contribution in [2.24, 2.45) is 5.10 Å². The maximum absolute atomic E-state index is 12.2. The van der Waals surface area contributed by atoms with Gasteiger partial charge in [0.15, 0.2) is 0 Å². The lowest BCUT2D eigenvalue weighted by atomic mass is 9.87. The zero-order valence-electron chi connectivity index (χ0n) is 11.2. The molecule has 2 N–H and O–H groups in total. The van der Waals surface area contributed by atoms with Gasteiger partial charge in [0.05, 0.1) is 6.04 Å². The third-order valence-corrected chi connectivity index (χ3v) is 3.84. The Morgan fingerprint density at radius 3 is 2.90 bits per heavy atom. The van der Waals surface area contributed by atoms with Crippen LogP contribution < -0.4 is 10.7 Å². The molecule has 0 bridgehead atoms. The Balaban J connectivity index is 1.73. The molecule has 1 aliphatic carbocycles. The summed E-state index contributed by atoms with van der Waals surface area (Å²) in [5.74, 6) is -0.309. The first-order valence-corrected chi connectivity index (χ1v) is 6.98. The third kappa shape index (κ3) is 2.57. The molecule has 2 amide bonds. The lowest BCUT2D eigenvalue weighted by molar-refractivity contribution is -0.121. The Hall–Kier alpha value is -2.17.